The number of rotatable bonds is 1. The van der Waals surface area contributed by atoms with Gasteiger partial charge in [-0.1, -0.05) is 23.4 Å². The summed E-state index contributed by atoms with van der Waals surface area (Å²) in [5.74, 6) is 5.19. The van der Waals surface area contributed by atoms with Crippen LogP contribution in [0.5, 0.6) is 0 Å². The Kier molecular flexibility index (Phi) is 4.01. The summed E-state index contributed by atoms with van der Waals surface area (Å²) in [6.07, 6.45) is 1.94. The number of aromatic nitrogens is 1. The molecule has 0 aromatic carbocycles. The summed E-state index contributed by atoms with van der Waals surface area (Å²) in [6, 6.07) is 1.47. The van der Waals surface area contributed by atoms with Crippen molar-refractivity contribution in [3.63, 3.8) is 0 Å². The van der Waals surface area contributed by atoms with Gasteiger partial charge in [-0.15, -0.1) is 11.6 Å². The zero-order valence-electron chi connectivity index (χ0n) is 6.65. The molecule has 13 heavy (non-hydrogen) atoms. The van der Waals surface area contributed by atoms with Crippen molar-refractivity contribution >= 4 is 23.2 Å². The first-order valence-electron chi connectivity index (χ1n) is 3.60. The lowest BCUT2D eigenvalue weighted by atomic mass is 10.2. The average Bonchev–Trinajstić information content (AvgIpc) is 2.13. The van der Waals surface area contributed by atoms with E-state index in [0.29, 0.717) is 12.3 Å². The molecule has 0 saturated carbocycles. The van der Waals surface area contributed by atoms with Gasteiger partial charge < -0.3 is 0 Å². The maximum Gasteiger partial charge on any atom is 0.176 e. The Balaban J connectivity index is 2.91. The van der Waals surface area contributed by atoms with Crippen LogP contribution in [0.15, 0.2) is 12.3 Å². The van der Waals surface area contributed by atoms with Crippen LogP contribution in [0, 0.1) is 17.7 Å². The zero-order valence-corrected chi connectivity index (χ0v) is 8.16. The van der Waals surface area contributed by atoms with Gasteiger partial charge in [0.1, 0.15) is 0 Å². The Morgan fingerprint density at radius 1 is 1.54 bits per heavy atom. The van der Waals surface area contributed by atoms with E-state index >= 15 is 0 Å². The van der Waals surface area contributed by atoms with E-state index in [0.717, 1.165) is 0 Å². The molecule has 1 nitrogen and oxygen atoms in total. The fraction of sp³-hybridized carbons (Fsp3) is 0.222. The molecule has 68 valence electrons. The third kappa shape index (κ3) is 2.87. The molecule has 0 atom stereocenters. The molecular weight excluding hydrogens is 212 g/mol. The van der Waals surface area contributed by atoms with Crippen molar-refractivity contribution in [3.05, 3.63) is 28.8 Å². The molecule has 0 saturated heterocycles. The molecule has 1 rings (SSSR count). The van der Waals surface area contributed by atoms with E-state index < -0.39 is 5.82 Å². The smallest absolute Gasteiger partial charge is 0.176 e. The highest BCUT2D eigenvalue weighted by Gasteiger charge is 2.03. The summed E-state index contributed by atoms with van der Waals surface area (Å²) >= 11 is 10.9. The van der Waals surface area contributed by atoms with Crippen LogP contribution < -0.4 is 0 Å². The van der Waals surface area contributed by atoms with Crippen molar-refractivity contribution in [2.75, 3.05) is 5.88 Å². The van der Waals surface area contributed by atoms with Gasteiger partial charge in [0, 0.05) is 18.5 Å². The number of hydrogen-bond donors (Lipinski definition) is 0. The number of hydrogen-bond acceptors (Lipinski definition) is 1. The third-order valence-corrected chi connectivity index (χ3v) is 1.74. The zero-order chi connectivity index (χ0) is 9.68. The van der Waals surface area contributed by atoms with Crippen LogP contribution >= 0.6 is 23.2 Å². The summed E-state index contributed by atoms with van der Waals surface area (Å²) in [4.78, 5) is 3.56. The lowest BCUT2D eigenvalue weighted by Gasteiger charge is -1.94. The van der Waals surface area contributed by atoms with Gasteiger partial charge in [-0.05, 0) is 6.07 Å². The summed E-state index contributed by atoms with van der Waals surface area (Å²) in [5, 5.41) is -0.155. The molecule has 0 aliphatic carbocycles. The predicted octanol–water partition coefficient (Wildman–Crippen LogP) is 2.85. The van der Waals surface area contributed by atoms with E-state index in [1.54, 1.807) is 0 Å². The summed E-state index contributed by atoms with van der Waals surface area (Å²) < 4.78 is 13.1. The molecule has 1 aromatic heterocycles. The Labute approximate surface area is 85.9 Å². The maximum atomic E-state index is 13.1. The van der Waals surface area contributed by atoms with Crippen LogP contribution in [-0.2, 0) is 0 Å². The van der Waals surface area contributed by atoms with E-state index in [4.69, 9.17) is 23.2 Å². The van der Waals surface area contributed by atoms with E-state index in [9.17, 15) is 4.39 Å². The van der Waals surface area contributed by atoms with Crippen LogP contribution in [0.4, 0.5) is 4.39 Å². The number of alkyl halides is 1. The first-order valence-corrected chi connectivity index (χ1v) is 4.52. The molecule has 0 spiro atoms. The van der Waals surface area contributed by atoms with Crippen molar-refractivity contribution < 1.29 is 4.39 Å². The van der Waals surface area contributed by atoms with Crippen LogP contribution in [0.3, 0.4) is 0 Å². The highest BCUT2D eigenvalue weighted by molar-refractivity contribution is 6.29. The maximum absolute atomic E-state index is 13.1. The van der Waals surface area contributed by atoms with Crippen LogP contribution in [0.1, 0.15) is 12.0 Å². The third-order valence-electron chi connectivity index (χ3n) is 1.29. The van der Waals surface area contributed by atoms with Crippen molar-refractivity contribution in [3.8, 4) is 11.8 Å². The van der Waals surface area contributed by atoms with Crippen molar-refractivity contribution in [2.45, 2.75) is 6.42 Å². The fourth-order valence-corrected chi connectivity index (χ4v) is 0.972. The molecule has 1 heterocycles. The molecule has 4 heteroatoms. The minimum atomic E-state index is -0.578. The number of nitrogens with zero attached hydrogens (tertiary/aromatic N) is 1. The number of pyridine rings is 1. The normalized spacial score (nSPS) is 9.15. The first kappa shape index (κ1) is 10.3. The molecule has 0 radical (unpaired) electrons. The Morgan fingerprint density at radius 3 is 3.00 bits per heavy atom. The molecule has 0 unspecified atom stereocenters. The van der Waals surface area contributed by atoms with Gasteiger partial charge in [-0.3, -0.25) is 0 Å². The summed E-state index contributed by atoms with van der Waals surface area (Å²) in [7, 11) is 0. The molecular formula is C9H6Cl2FN. The van der Waals surface area contributed by atoms with Crippen molar-refractivity contribution in [1.29, 1.82) is 0 Å². The Hall–Kier alpha value is -0.780. The molecule has 1 aromatic rings. The van der Waals surface area contributed by atoms with Crippen LogP contribution in [0.25, 0.3) is 0 Å². The van der Waals surface area contributed by atoms with E-state index in [2.05, 4.69) is 16.8 Å². The minimum absolute atomic E-state index is 0.155. The second-order valence-corrected chi connectivity index (χ2v) is 2.94. The lowest BCUT2D eigenvalue weighted by Crippen LogP contribution is -1.87. The monoisotopic (exact) mass is 217 g/mol. The SMILES string of the molecule is Fc1c(C#CCCCl)ccnc1Cl. The van der Waals surface area contributed by atoms with Crippen LogP contribution in [-0.4, -0.2) is 10.9 Å². The van der Waals surface area contributed by atoms with Gasteiger partial charge in [0.25, 0.3) is 0 Å². The van der Waals surface area contributed by atoms with E-state index in [1.807, 2.05) is 0 Å². The molecule has 0 bridgehead atoms. The second-order valence-electron chi connectivity index (χ2n) is 2.20. The highest BCUT2D eigenvalue weighted by atomic mass is 35.5. The highest BCUT2D eigenvalue weighted by Crippen LogP contribution is 2.13. The van der Waals surface area contributed by atoms with Crippen molar-refractivity contribution in [2.24, 2.45) is 0 Å². The van der Waals surface area contributed by atoms with Gasteiger partial charge in [-0.2, -0.15) is 0 Å². The van der Waals surface area contributed by atoms with Gasteiger partial charge in [0.2, 0.25) is 0 Å². The Morgan fingerprint density at radius 2 is 2.31 bits per heavy atom. The molecule has 0 aliphatic rings. The van der Waals surface area contributed by atoms with Gasteiger partial charge in [0.05, 0.1) is 5.56 Å². The number of halogens is 3. The minimum Gasteiger partial charge on any atom is -0.241 e. The first-order chi connectivity index (χ1) is 6.25. The summed E-state index contributed by atoms with van der Waals surface area (Å²) in [6.45, 7) is 0. The second kappa shape index (κ2) is 5.06. The Bertz CT molecular complexity index is 354. The molecule has 0 N–H and O–H groups in total. The van der Waals surface area contributed by atoms with Gasteiger partial charge in [-0.25, -0.2) is 9.37 Å². The van der Waals surface area contributed by atoms with E-state index in [1.165, 1.54) is 12.3 Å². The quantitative estimate of drug-likeness (QED) is 0.401. The average molecular weight is 218 g/mol. The fourth-order valence-electron chi connectivity index (χ4n) is 0.720. The molecule has 0 aliphatic heterocycles. The summed E-state index contributed by atoms with van der Waals surface area (Å²) in [5.41, 5.74) is 0.255. The van der Waals surface area contributed by atoms with Crippen molar-refractivity contribution in [1.82, 2.24) is 4.98 Å². The lowest BCUT2D eigenvalue weighted by molar-refractivity contribution is 0.618. The van der Waals surface area contributed by atoms with Crippen LogP contribution in [0.2, 0.25) is 5.15 Å². The molecule has 0 fully saturated rings. The largest absolute Gasteiger partial charge is 0.241 e. The van der Waals surface area contributed by atoms with E-state index in [-0.39, 0.29) is 10.7 Å². The standard InChI is InChI=1S/C9H6Cl2FN/c10-5-2-1-3-7-4-6-13-9(11)8(7)12/h4,6H,2,5H2. The topological polar surface area (TPSA) is 12.9 Å². The van der Waals surface area contributed by atoms with Gasteiger partial charge >= 0.3 is 0 Å². The van der Waals surface area contributed by atoms with Gasteiger partial charge in [0.15, 0.2) is 11.0 Å². The molecule has 0 amide bonds. The predicted molar refractivity (Wildman–Crippen MR) is 51.4 cm³/mol.